The van der Waals surface area contributed by atoms with E-state index in [-0.39, 0.29) is 5.91 Å². The number of rotatable bonds is 4. The van der Waals surface area contributed by atoms with E-state index >= 15 is 0 Å². The average molecular weight is 285 g/mol. The Hall–Kier alpha value is -1.86. The van der Waals surface area contributed by atoms with Gasteiger partial charge in [-0.05, 0) is 43.5 Å². The smallest absolute Gasteiger partial charge is 0.225 e. The van der Waals surface area contributed by atoms with Gasteiger partial charge < -0.3 is 10.2 Å². The molecule has 0 radical (unpaired) electrons. The molecule has 0 spiro atoms. The Labute approximate surface area is 126 Å². The van der Waals surface area contributed by atoms with Gasteiger partial charge in [-0.2, -0.15) is 5.26 Å². The van der Waals surface area contributed by atoms with E-state index in [4.69, 9.17) is 5.26 Å². The van der Waals surface area contributed by atoms with Gasteiger partial charge in [0.15, 0.2) is 0 Å². The van der Waals surface area contributed by atoms with E-state index in [9.17, 15) is 4.79 Å². The minimum Gasteiger partial charge on any atom is -0.325 e. The zero-order chi connectivity index (χ0) is 15.3. The van der Waals surface area contributed by atoms with Crippen molar-refractivity contribution in [2.24, 2.45) is 5.41 Å². The fourth-order valence-electron chi connectivity index (χ4n) is 2.54. The Balaban J connectivity index is 1.79. The second-order valence-corrected chi connectivity index (χ2v) is 6.46. The molecule has 0 unspecified atom stereocenters. The van der Waals surface area contributed by atoms with Gasteiger partial charge in [0.2, 0.25) is 5.91 Å². The van der Waals surface area contributed by atoms with Crippen molar-refractivity contribution in [3.63, 3.8) is 0 Å². The van der Waals surface area contributed by atoms with Gasteiger partial charge in [0, 0.05) is 13.0 Å². The SMILES string of the molecule is CC1(C)CCN(CCC(=O)Nc2ccccc2C#N)CC1. The van der Waals surface area contributed by atoms with Gasteiger partial charge in [-0.25, -0.2) is 0 Å². The van der Waals surface area contributed by atoms with Crippen LogP contribution in [0.1, 0.15) is 38.7 Å². The van der Waals surface area contributed by atoms with Crippen molar-refractivity contribution in [2.45, 2.75) is 33.1 Å². The summed E-state index contributed by atoms with van der Waals surface area (Å²) < 4.78 is 0. The summed E-state index contributed by atoms with van der Waals surface area (Å²) in [6.07, 6.45) is 2.85. The molecule has 2 rings (SSSR count). The van der Waals surface area contributed by atoms with Gasteiger partial charge in [0.25, 0.3) is 0 Å². The highest BCUT2D eigenvalue weighted by Gasteiger charge is 2.25. The van der Waals surface area contributed by atoms with Crippen molar-refractivity contribution in [1.29, 1.82) is 5.26 Å². The number of para-hydroxylation sites is 1. The van der Waals surface area contributed by atoms with Crippen LogP contribution in [0.15, 0.2) is 24.3 Å². The maximum absolute atomic E-state index is 12.0. The molecule has 1 aromatic rings. The van der Waals surface area contributed by atoms with E-state index in [1.54, 1.807) is 18.2 Å². The summed E-state index contributed by atoms with van der Waals surface area (Å²) in [6.45, 7) is 7.52. The molecular formula is C17H23N3O. The number of carbonyl (C=O) groups excluding carboxylic acids is 1. The van der Waals surface area contributed by atoms with Gasteiger partial charge in [-0.15, -0.1) is 0 Å². The molecule has 1 N–H and O–H groups in total. The normalized spacial score (nSPS) is 18.0. The molecule has 21 heavy (non-hydrogen) atoms. The topological polar surface area (TPSA) is 56.1 Å². The molecular weight excluding hydrogens is 262 g/mol. The molecule has 0 bridgehead atoms. The first-order valence-electron chi connectivity index (χ1n) is 7.51. The first kappa shape index (κ1) is 15.5. The van der Waals surface area contributed by atoms with Crippen LogP contribution in [0.3, 0.4) is 0 Å². The van der Waals surface area contributed by atoms with Crippen molar-refractivity contribution in [2.75, 3.05) is 25.0 Å². The summed E-state index contributed by atoms with van der Waals surface area (Å²) in [5, 5.41) is 11.8. The van der Waals surface area contributed by atoms with Crippen LogP contribution in [-0.4, -0.2) is 30.4 Å². The van der Waals surface area contributed by atoms with Gasteiger partial charge in [0.1, 0.15) is 6.07 Å². The van der Waals surface area contributed by atoms with Crippen LogP contribution >= 0.6 is 0 Å². The predicted molar refractivity (Wildman–Crippen MR) is 83.9 cm³/mol. The highest BCUT2D eigenvalue weighted by Crippen LogP contribution is 2.29. The van der Waals surface area contributed by atoms with Crippen LogP contribution in [0.5, 0.6) is 0 Å². The van der Waals surface area contributed by atoms with E-state index in [0.717, 1.165) is 19.6 Å². The molecule has 112 valence electrons. The van der Waals surface area contributed by atoms with Crippen LogP contribution in [0.4, 0.5) is 5.69 Å². The number of benzene rings is 1. The van der Waals surface area contributed by atoms with Crippen LogP contribution in [-0.2, 0) is 4.79 Å². The minimum atomic E-state index is -0.0254. The van der Waals surface area contributed by atoms with E-state index in [2.05, 4.69) is 30.1 Å². The van der Waals surface area contributed by atoms with Crippen molar-refractivity contribution in [3.05, 3.63) is 29.8 Å². The monoisotopic (exact) mass is 285 g/mol. The van der Waals surface area contributed by atoms with Gasteiger partial charge in [-0.3, -0.25) is 4.79 Å². The van der Waals surface area contributed by atoms with Gasteiger partial charge >= 0.3 is 0 Å². The standard InChI is InChI=1S/C17H23N3O/c1-17(2)8-11-20(12-9-17)10-7-16(21)19-15-6-4-3-5-14(15)13-18/h3-6H,7-12H2,1-2H3,(H,19,21). The second-order valence-electron chi connectivity index (χ2n) is 6.46. The highest BCUT2D eigenvalue weighted by molar-refractivity contribution is 5.92. The third-order valence-corrected chi connectivity index (χ3v) is 4.19. The van der Waals surface area contributed by atoms with Crippen LogP contribution in [0, 0.1) is 16.7 Å². The Morgan fingerprint density at radius 2 is 2.00 bits per heavy atom. The fraction of sp³-hybridized carbons (Fsp3) is 0.529. The molecule has 0 atom stereocenters. The summed E-state index contributed by atoms with van der Waals surface area (Å²) >= 11 is 0. The van der Waals surface area contributed by atoms with Crippen molar-refractivity contribution < 1.29 is 4.79 Å². The molecule has 0 aromatic heterocycles. The van der Waals surface area contributed by atoms with Crippen LogP contribution in [0.2, 0.25) is 0 Å². The Morgan fingerprint density at radius 1 is 1.33 bits per heavy atom. The number of likely N-dealkylation sites (tertiary alicyclic amines) is 1. The summed E-state index contributed by atoms with van der Waals surface area (Å²) in [6, 6.07) is 9.18. The fourth-order valence-corrected chi connectivity index (χ4v) is 2.54. The first-order valence-corrected chi connectivity index (χ1v) is 7.51. The largest absolute Gasteiger partial charge is 0.325 e. The molecule has 1 aliphatic rings. The van der Waals surface area contributed by atoms with Crippen molar-refractivity contribution in [1.82, 2.24) is 4.90 Å². The van der Waals surface area contributed by atoms with E-state index in [1.165, 1.54) is 12.8 Å². The minimum absolute atomic E-state index is 0.0254. The lowest BCUT2D eigenvalue weighted by atomic mass is 9.83. The van der Waals surface area contributed by atoms with E-state index < -0.39 is 0 Å². The number of nitrogens with one attached hydrogen (secondary N) is 1. The lowest BCUT2D eigenvalue weighted by molar-refractivity contribution is -0.116. The van der Waals surface area contributed by atoms with E-state index in [1.807, 2.05) is 6.07 Å². The molecule has 1 saturated heterocycles. The Kier molecular flexibility index (Phi) is 4.98. The number of hydrogen-bond donors (Lipinski definition) is 1. The molecule has 1 heterocycles. The summed E-state index contributed by atoms with van der Waals surface area (Å²) in [5.41, 5.74) is 1.54. The zero-order valence-corrected chi connectivity index (χ0v) is 12.9. The molecule has 1 aliphatic heterocycles. The number of anilines is 1. The Morgan fingerprint density at radius 3 is 2.67 bits per heavy atom. The molecule has 4 nitrogen and oxygen atoms in total. The number of carbonyl (C=O) groups is 1. The maximum Gasteiger partial charge on any atom is 0.225 e. The number of nitriles is 1. The van der Waals surface area contributed by atoms with Crippen molar-refractivity contribution >= 4 is 11.6 Å². The number of piperidine rings is 1. The third kappa shape index (κ3) is 4.57. The molecule has 1 aromatic carbocycles. The quantitative estimate of drug-likeness (QED) is 0.925. The zero-order valence-electron chi connectivity index (χ0n) is 12.9. The number of nitrogens with zero attached hydrogens (tertiary/aromatic N) is 2. The van der Waals surface area contributed by atoms with E-state index in [0.29, 0.717) is 23.1 Å². The summed E-state index contributed by atoms with van der Waals surface area (Å²) in [7, 11) is 0. The lowest BCUT2D eigenvalue weighted by Crippen LogP contribution is -2.38. The van der Waals surface area contributed by atoms with Crippen molar-refractivity contribution in [3.8, 4) is 6.07 Å². The Bertz CT molecular complexity index is 535. The average Bonchev–Trinajstić information content (AvgIpc) is 2.47. The highest BCUT2D eigenvalue weighted by atomic mass is 16.1. The summed E-state index contributed by atoms with van der Waals surface area (Å²) in [5.74, 6) is -0.0254. The lowest BCUT2D eigenvalue weighted by Gasteiger charge is -2.36. The van der Waals surface area contributed by atoms with Gasteiger partial charge in [-0.1, -0.05) is 26.0 Å². The third-order valence-electron chi connectivity index (χ3n) is 4.19. The van der Waals surface area contributed by atoms with Crippen LogP contribution < -0.4 is 5.32 Å². The molecule has 0 saturated carbocycles. The molecule has 1 amide bonds. The molecule has 0 aliphatic carbocycles. The maximum atomic E-state index is 12.0. The predicted octanol–water partition coefficient (Wildman–Crippen LogP) is 3.01. The number of amides is 1. The molecule has 1 fully saturated rings. The van der Waals surface area contributed by atoms with Crippen LogP contribution in [0.25, 0.3) is 0 Å². The van der Waals surface area contributed by atoms with Gasteiger partial charge in [0.05, 0.1) is 11.3 Å². The molecule has 4 heteroatoms. The summed E-state index contributed by atoms with van der Waals surface area (Å²) in [4.78, 5) is 14.4. The second kappa shape index (κ2) is 6.73. The first-order chi connectivity index (χ1) is 10.00. The number of hydrogen-bond acceptors (Lipinski definition) is 3.